The molecule has 3 nitrogen and oxygen atoms in total. The van der Waals surface area contributed by atoms with Gasteiger partial charge in [-0.2, -0.15) is 0 Å². The molecule has 0 aliphatic carbocycles. The lowest BCUT2D eigenvalue weighted by molar-refractivity contribution is 0.266. The summed E-state index contributed by atoms with van der Waals surface area (Å²) in [6.45, 7) is -0.119. The van der Waals surface area contributed by atoms with Crippen molar-refractivity contribution in [1.82, 2.24) is 4.98 Å². The Bertz CT molecular complexity index is 452. The van der Waals surface area contributed by atoms with Crippen LogP contribution in [-0.4, -0.2) is 16.7 Å². The highest BCUT2D eigenvalue weighted by molar-refractivity contribution is 6.36. The summed E-state index contributed by atoms with van der Waals surface area (Å²) in [5.74, 6) is 0. The quantitative estimate of drug-likeness (QED) is 0.708. The predicted molar refractivity (Wildman–Crippen MR) is 57.3 cm³/mol. The van der Waals surface area contributed by atoms with Crippen LogP contribution >= 0.6 is 11.6 Å². The third-order valence-electron chi connectivity index (χ3n) is 2.24. The second kappa shape index (κ2) is 3.61. The number of nitrogens with one attached hydrogen (secondary N) is 1. The number of aliphatic hydroxyl groups is 1. The molecule has 0 fully saturated rings. The van der Waals surface area contributed by atoms with Crippen LogP contribution in [0.1, 0.15) is 11.7 Å². The van der Waals surface area contributed by atoms with Gasteiger partial charge in [0.1, 0.15) is 0 Å². The first kappa shape index (κ1) is 9.52. The second-order valence-corrected chi connectivity index (χ2v) is 3.57. The fourth-order valence-corrected chi connectivity index (χ4v) is 1.83. The number of aliphatic hydroxyl groups excluding tert-OH is 1. The van der Waals surface area contributed by atoms with Crippen molar-refractivity contribution in [2.24, 2.45) is 5.73 Å². The SMILES string of the molecule is NC(CO)c1[nH]c2ccccc2c1Cl. The molecule has 1 aromatic carbocycles. The maximum Gasteiger partial charge on any atom is 0.0709 e. The van der Waals surface area contributed by atoms with Crippen LogP contribution in [0.2, 0.25) is 5.02 Å². The summed E-state index contributed by atoms with van der Waals surface area (Å²) >= 11 is 6.11. The summed E-state index contributed by atoms with van der Waals surface area (Å²) < 4.78 is 0. The van der Waals surface area contributed by atoms with E-state index in [2.05, 4.69) is 4.98 Å². The molecule has 0 saturated carbocycles. The predicted octanol–water partition coefficient (Wildman–Crippen LogP) is 1.81. The van der Waals surface area contributed by atoms with Crippen LogP contribution in [0, 0.1) is 0 Å². The van der Waals surface area contributed by atoms with Crippen LogP contribution in [-0.2, 0) is 0 Å². The van der Waals surface area contributed by atoms with Crippen LogP contribution in [0.4, 0.5) is 0 Å². The molecule has 1 aromatic heterocycles. The lowest BCUT2D eigenvalue weighted by Gasteiger charge is -2.05. The van der Waals surface area contributed by atoms with Crippen LogP contribution in [0.25, 0.3) is 10.9 Å². The summed E-state index contributed by atoms with van der Waals surface area (Å²) in [7, 11) is 0. The highest BCUT2D eigenvalue weighted by atomic mass is 35.5. The van der Waals surface area contributed by atoms with Crippen LogP contribution in [0.3, 0.4) is 0 Å². The third kappa shape index (κ3) is 1.39. The molecule has 2 aromatic rings. The van der Waals surface area contributed by atoms with Crippen molar-refractivity contribution in [3.05, 3.63) is 35.0 Å². The molecule has 2 rings (SSSR count). The number of halogens is 1. The molecule has 4 N–H and O–H groups in total. The normalized spacial score (nSPS) is 13.4. The molecular weight excluding hydrogens is 200 g/mol. The summed E-state index contributed by atoms with van der Waals surface area (Å²) in [5, 5.41) is 10.5. The minimum absolute atomic E-state index is 0.119. The number of benzene rings is 1. The van der Waals surface area contributed by atoms with E-state index in [1.807, 2.05) is 24.3 Å². The number of nitrogens with two attached hydrogens (primary N) is 1. The smallest absolute Gasteiger partial charge is 0.0709 e. The maximum absolute atomic E-state index is 8.93. The molecule has 14 heavy (non-hydrogen) atoms. The molecule has 4 heteroatoms. The number of para-hydroxylation sites is 1. The van der Waals surface area contributed by atoms with E-state index >= 15 is 0 Å². The van der Waals surface area contributed by atoms with Gasteiger partial charge in [0.25, 0.3) is 0 Å². The molecule has 0 amide bonds. The third-order valence-corrected chi connectivity index (χ3v) is 2.64. The molecule has 1 unspecified atom stereocenters. The number of hydrogen-bond donors (Lipinski definition) is 3. The number of rotatable bonds is 2. The largest absolute Gasteiger partial charge is 0.394 e. The Kier molecular flexibility index (Phi) is 2.46. The van der Waals surface area contributed by atoms with Crippen molar-refractivity contribution < 1.29 is 5.11 Å². The van der Waals surface area contributed by atoms with Gasteiger partial charge < -0.3 is 15.8 Å². The lowest BCUT2D eigenvalue weighted by Crippen LogP contribution is -2.15. The molecular formula is C10H11ClN2O. The lowest BCUT2D eigenvalue weighted by atomic mass is 10.2. The van der Waals surface area contributed by atoms with Gasteiger partial charge in [-0.3, -0.25) is 0 Å². The average molecular weight is 211 g/mol. The van der Waals surface area contributed by atoms with E-state index in [1.165, 1.54) is 0 Å². The summed E-state index contributed by atoms with van der Waals surface area (Å²) in [4.78, 5) is 3.10. The van der Waals surface area contributed by atoms with Crippen molar-refractivity contribution in [3.63, 3.8) is 0 Å². The van der Waals surface area contributed by atoms with Crippen LogP contribution in [0.15, 0.2) is 24.3 Å². The first-order valence-electron chi connectivity index (χ1n) is 4.36. The number of fused-ring (bicyclic) bond motifs is 1. The molecule has 0 aliphatic rings. The van der Waals surface area contributed by atoms with E-state index in [-0.39, 0.29) is 6.61 Å². The van der Waals surface area contributed by atoms with Gasteiger partial charge in [0.15, 0.2) is 0 Å². The van der Waals surface area contributed by atoms with Crippen molar-refractivity contribution in [1.29, 1.82) is 0 Å². The van der Waals surface area contributed by atoms with Gasteiger partial charge in [-0.15, -0.1) is 0 Å². The maximum atomic E-state index is 8.93. The van der Waals surface area contributed by atoms with E-state index in [0.717, 1.165) is 10.9 Å². The molecule has 0 saturated heterocycles. The van der Waals surface area contributed by atoms with Gasteiger partial charge >= 0.3 is 0 Å². The first-order chi connectivity index (χ1) is 6.74. The van der Waals surface area contributed by atoms with Crippen molar-refractivity contribution >= 4 is 22.5 Å². The van der Waals surface area contributed by atoms with Crippen molar-refractivity contribution in [2.75, 3.05) is 6.61 Å². The Labute approximate surface area is 86.5 Å². The van der Waals surface area contributed by atoms with Gasteiger partial charge in [0.05, 0.1) is 23.4 Å². The van der Waals surface area contributed by atoms with Crippen molar-refractivity contribution in [3.8, 4) is 0 Å². The van der Waals surface area contributed by atoms with Gasteiger partial charge in [0.2, 0.25) is 0 Å². The minimum Gasteiger partial charge on any atom is -0.394 e. The van der Waals surface area contributed by atoms with E-state index in [9.17, 15) is 0 Å². The Balaban J connectivity index is 2.62. The monoisotopic (exact) mass is 210 g/mol. The van der Waals surface area contributed by atoms with Gasteiger partial charge in [-0.05, 0) is 6.07 Å². The Morgan fingerprint density at radius 1 is 1.43 bits per heavy atom. The number of hydrogen-bond acceptors (Lipinski definition) is 2. The van der Waals surface area contributed by atoms with E-state index in [0.29, 0.717) is 10.7 Å². The van der Waals surface area contributed by atoms with Gasteiger partial charge in [-0.25, -0.2) is 0 Å². The highest BCUT2D eigenvalue weighted by Crippen LogP contribution is 2.29. The highest BCUT2D eigenvalue weighted by Gasteiger charge is 2.14. The van der Waals surface area contributed by atoms with Crippen LogP contribution < -0.4 is 5.73 Å². The zero-order valence-corrected chi connectivity index (χ0v) is 8.25. The first-order valence-corrected chi connectivity index (χ1v) is 4.74. The summed E-state index contributed by atoms with van der Waals surface area (Å²) in [5.41, 5.74) is 7.32. The second-order valence-electron chi connectivity index (χ2n) is 3.19. The number of aromatic amines is 1. The molecule has 0 bridgehead atoms. The zero-order chi connectivity index (χ0) is 10.1. The Morgan fingerprint density at radius 3 is 2.79 bits per heavy atom. The minimum atomic E-state index is -0.449. The molecule has 74 valence electrons. The molecule has 0 aliphatic heterocycles. The van der Waals surface area contributed by atoms with Gasteiger partial charge in [-0.1, -0.05) is 29.8 Å². The Morgan fingerprint density at radius 2 is 2.14 bits per heavy atom. The van der Waals surface area contributed by atoms with E-state index in [4.69, 9.17) is 22.4 Å². The standard InChI is InChI=1S/C10H11ClN2O/c11-9-6-3-1-2-4-8(6)13-10(9)7(12)5-14/h1-4,7,13-14H,5,12H2. The molecule has 0 radical (unpaired) electrons. The van der Waals surface area contributed by atoms with Crippen molar-refractivity contribution in [2.45, 2.75) is 6.04 Å². The van der Waals surface area contributed by atoms with E-state index in [1.54, 1.807) is 0 Å². The fraction of sp³-hybridized carbons (Fsp3) is 0.200. The fourth-order valence-electron chi connectivity index (χ4n) is 1.48. The molecule has 1 heterocycles. The van der Waals surface area contributed by atoms with E-state index < -0.39 is 6.04 Å². The topological polar surface area (TPSA) is 62.0 Å². The number of aromatic nitrogens is 1. The molecule has 0 spiro atoms. The number of H-pyrrole nitrogens is 1. The average Bonchev–Trinajstić information content (AvgIpc) is 2.56. The summed E-state index contributed by atoms with van der Waals surface area (Å²) in [6, 6.07) is 7.23. The van der Waals surface area contributed by atoms with Crippen LogP contribution in [0.5, 0.6) is 0 Å². The Hall–Kier alpha value is -1.03. The zero-order valence-electron chi connectivity index (χ0n) is 7.50. The summed E-state index contributed by atoms with van der Waals surface area (Å²) in [6.07, 6.45) is 0. The molecule has 1 atom stereocenters. The van der Waals surface area contributed by atoms with Gasteiger partial charge in [0, 0.05) is 10.9 Å².